The molecule has 1 aliphatic carbocycles. The normalized spacial score (nSPS) is 20.5. The largest absolute Gasteiger partial charge is 0.399 e. The molecular weight excluding hydrogens is 206 g/mol. The van der Waals surface area contributed by atoms with Gasteiger partial charge in [-0.25, -0.2) is 0 Å². The molecule has 1 aromatic carbocycles. The Morgan fingerprint density at radius 3 is 2.13 bits per heavy atom. The van der Waals surface area contributed by atoms with Crippen molar-refractivity contribution in [2.24, 2.45) is 0 Å². The number of hydrogen-bond donors (Lipinski definition) is 1. The number of nitrogens with two attached hydrogens (primary N) is 1. The van der Waals surface area contributed by atoms with Crippen LogP contribution in [0.3, 0.4) is 0 Å². The number of halogens is 1. The molecule has 1 aliphatic rings. The fourth-order valence-electron chi connectivity index (χ4n) is 3.01. The lowest BCUT2D eigenvalue weighted by Crippen LogP contribution is -2.17. The maximum Gasteiger partial charge on any atom is 0.0317 e. The van der Waals surface area contributed by atoms with E-state index in [4.69, 9.17) is 5.73 Å². The van der Waals surface area contributed by atoms with Crippen molar-refractivity contribution < 1.29 is 0 Å². The highest BCUT2D eigenvalue weighted by atomic mass is 35.5. The third-order valence-corrected chi connectivity index (χ3v) is 3.39. The van der Waals surface area contributed by atoms with Gasteiger partial charge in [0.1, 0.15) is 0 Å². The van der Waals surface area contributed by atoms with Crippen molar-refractivity contribution in [3.8, 4) is 0 Å². The third kappa shape index (κ3) is 1.85. The summed E-state index contributed by atoms with van der Waals surface area (Å²) < 4.78 is 0. The predicted octanol–water partition coefficient (Wildman–Crippen LogP) is 3.65. The molecule has 2 N–H and O–H groups in total. The standard InChI is InChI=1S/C13H19N.ClH/c1-12(2)8-13(3,4)11-7-9(14)5-6-10(11)12;/h5-7H,8,14H2,1-4H3;1H. The second-order valence-corrected chi connectivity index (χ2v) is 5.75. The zero-order valence-corrected chi connectivity index (χ0v) is 10.7. The van der Waals surface area contributed by atoms with Gasteiger partial charge in [0.05, 0.1) is 0 Å². The average molecular weight is 226 g/mol. The van der Waals surface area contributed by atoms with Gasteiger partial charge in [0, 0.05) is 5.69 Å². The Bertz CT molecular complexity index is 380. The number of benzene rings is 1. The molecule has 0 aliphatic heterocycles. The van der Waals surface area contributed by atoms with E-state index in [0.29, 0.717) is 5.41 Å². The number of hydrogen-bond acceptors (Lipinski definition) is 1. The summed E-state index contributed by atoms with van der Waals surface area (Å²) in [7, 11) is 0. The minimum absolute atomic E-state index is 0. The van der Waals surface area contributed by atoms with Crippen molar-refractivity contribution in [2.75, 3.05) is 5.73 Å². The monoisotopic (exact) mass is 225 g/mol. The van der Waals surface area contributed by atoms with E-state index in [0.717, 1.165) is 5.69 Å². The van der Waals surface area contributed by atoms with Crippen molar-refractivity contribution in [3.63, 3.8) is 0 Å². The summed E-state index contributed by atoms with van der Waals surface area (Å²) in [6, 6.07) is 6.35. The smallest absolute Gasteiger partial charge is 0.0317 e. The van der Waals surface area contributed by atoms with Gasteiger partial charge in [0.15, 0.2) is 0 Å². The second-order valence-electron chi connectivity index (χ2n) is 5.75. The van der Waals surface area contributed by atoms with Gasteiger partial charge in [-0.1, -0.05) is 33.8 Å². The average Bonchev–Trinajstić information content (AvgIpc) is 2.17. The number of fused-ring (bicyclic) bond motifs is 1. The first-order valence-corrected chi connectivity index (χ1v) is 5.23. The van der Waals surface area contributed by atoms with Gasteiger partial charge in [-0.2, -0.15) is 0 Å². The number of rotatable bonds is 0. The Labute approximate surface area is 98.5 Å². The van der Waals surface area contributed by atoms with Crippen LogP contribution in [0.4, 0.5) is 5.69 Å². The molecule has 0 amide bonds. The van der Waals surface area contributed by atoms with Crippen molar-refractivity contribution in [3.05, 3.63) is 29.3 Å². The van der Waals surface area contributed by atoms with Crippen LogP contribution in [0.5, 0.6) is 0 Å². The zero-order valence-electron chi connectivity index (χ0n) is 9.92. The minimum atomic E-state index is 0. The lowest BCUT2D eigenvalue weighted by molar-refractivity contribution is 0.403. The molecular formula is C13H20ClN. The molecule has 0 fully saturated rings. The van der Waals surface area contributed by atoms with Gasteiger partial charge in [0.2, 0.25) is 0 Å². The van der Waals surface area contributed by atoms with E-state index in [9.17, 15) is 0 Å². The molecule has 1 aromatic rings. The molecule has 1 nitrogen and oxygen atoms in total. The molecule has 0 saturated carbocycles. The molecule has 0 unspecified atom stereocenters. The van der Waals surface area contributed by atoms with Crippen LogP contribution in [0.1, 0.15) is 45.2 Å². The van der Waals surface area contributed by atoms with Crippen LogP contribution in [0.15, 0.2) is 18.2 Å². The van der Waals surface area contributed by atoms with E-state index in [1.54, 1.807) is 0 Å². The predicted molar refractivity (Wildman–Crippen MR) is 68.8 cm³/mol. The van der Waals surface area contributed by atoms with Crippen molar-refractivity contribution in [1.82, 2.24) is 0 Å². The van der Waals surface area contributed by atoms with Gasteiger partial charge >= 0.3 is 0 Å². The quantitative estimate of drug-likeness (QED) is 0.671. The summed E-state index contributed by atoms with van der Waals surface area (Å²) in [5, 5.41) is 0. The minimum Gasteiger partial charge on any atom is -0.399 e. The topological polar surface area (TPSA) is 26.0 Å². The van der Waals surface area contributed by atoms with E-state index in [2.05, 4.69) is 39.8 Å². The van der Waals surface area contributed by atoms with Crippen LogP contribution in [0.2, 0.25) is 0 Å². The molecule has 15 heavy (non-hydrogen) atoms. The summed E-state index contributed by atoms with van der Waals surface area (Å²) in [5.74, 6) is 0. The molecule has 2 rings (SSSR count). The van der Waals surface area contributed by atoms with Gasteiger partial charge in [-0.05, 0) is 40.5 Å². The lowest BCUT2D eigenvalue weighted by Gasteiger charge is -2.22. The summed E-state index contributed by atoms with van der Waals surface area (Å²) in [6.07, 6.45) is 1.21. The molecule has 0 spiro atoms. The van der Waals surface area contributed by atoms with Crippen LogP contribution in [-0.2, 0) is 10.8 Å². The van der Waals surface area contributed by atoms with Gasteiger partial charge < -0.3 is 5.73 Å². The second kappa shape index (κ2) is 3.41. The number of anilines is 1. The van der Waals surface area contributed by atoms with Crippen LogP contribution < -0.4 is 5.73 Å². The molecule has 0 aromatic heterocycles. The fraction of sp³-hybridized carbons (Fsp3) is 0.538. The van der Waals surface area contributed by atoms with E-state index in [-0.39, 0.29) is 17.8 Å². The molecule has 0 radical (unpaired) electrons. The first-order valence-electron chi connectivity index (χ1n) is 5.23. The van der Waals surface area contributed by atoms with E-state index >= 15 is 0 Å². The summed E-state index contributed by atoms with van der Waals surface area (Å²) in [5.41, 5.74) is 10.2. The van der Waals surface area contributed by atoms with Crippen molar-refractivity contribution >= 4 is 18.1 Å². The molecule has 0 atom stereocenters. The fourth-order valence-corrected chi connectivity index (χ4v) is 3.01. The van der Waals surface area contributed by atoms with E-state index in [1.165, 1.54) is 17.5 Å². The van der Waals surface area contributed by atoms with Crippen LogP contribution >= 0.6 is 12.4 Å². The molecule has 2 heteroatoms. The van der Waals surface area contributed by atoms with Crippen LogP contribution in [0.25, 0.3) is 0 Å². The Morgan fingerprint density at radius 1 is 1.00 bits per heavy atom. The van der Waals surface area contributed by atoms with Gasteiger partial charge in [-0.3, -0.25) is 0 Å². The molecule has 0 heterocycles. The molecule has 0 saturated heterocycles. The first kappa shape index (κ1) is 12.4. The first-order chi connectivity index (χ1) is 6.33. The Morgan fingerprint density at radius 2 is 1.53 bits per heavy atom. The van der Waals surface area contributed by atoms with Crippen LogP contribution in [0, 0.1) is 0 Å². The maximum absolute atomic E-state index is 5.84. The van der Waals surface area contributed by atoms with Gasteiger partial charge in [0.25, 0.3) is 0 Å². The van der Waals surface area contributed by atoms with Crippen molar-refractivity contribution in [2.45, 2.75) is 44.9 Å². The molecule has 0 bridgehead atoms. The van der Waals surface area contributed by atoms with Crippen molar-refractivity contribution in [1.29, 1.82) is 0 Å². The number of nitrogen functional groups attached to an aromatic ring is 1. The lowest BCUT2D eigenvalue weighted by atomic mass is 9.82. The van der Waals surface area contributed by atoms with Gasteiger partial charge in [-0.15, -0.1) is 12.4 Å². The van der Waals surface area contributed by atoms with Crippen LogP contribution in [-0.4, -0.2) is 0 Å². The highest BCUT2D eigenvalue weighted by molar-refractivity contribution is 5.85. The summed E-state index contributed by atoms with van der Waals surface area (Å²) >= 11 is 0. The maximum atomic E-state index is 5.84. The highest BCUT2D eigenvalue weighted by Gasteiger charge is 2.41. The Kier molecular flexibility index (Phi) is 2.82. The SMILES string of the molecule is CC1(C)CC(C)(C)c2cc(N)ccc21.Cl. The van der Waals surface area contributed by atoms with E-state index in [1.807, 2.05) is 6.07 Å². The zero-order chi connectivity index (χ0) is 10.6. The Hall–Kier alpha value is -0.690. The van der Waals surface area contributed by atoms with E-state index < -0.39 is 0 Å². The third-order valence-electron chi connectivity index (χ3n) is 3.39. The summed E-state index contributed by atoms with van der Waals surface area (Å²) in [6.45, 7) is 9.24. The Balaban J connectivity index is 0.00000112. The molecule has 84 valence electrons. The highest BCUT2D eigenvalue weighted by Crippen LogP contribution is 2.49. The summed E-state index contributed by atoms with van der Waals surface area (Å²) in [4.78, 5) is 0.